The van der Waals surface area contributed by atoms with Crippen LogP contribution in [0.15, 0.2) is 12.3 Å². The number of aryl methyl sites for hydroxylation is 1. The van der Waals surface area contributed by atoms with Crippen molar-refractivity contribution in [2.24, 2.45) is 5.92 Å². The van der Waals surface area contributed by atoms with Gasteiger partial charge in [-0.2, -0.15) is 5.10 Å². The lowest BCUT2D eigenvalue weighted by molar-refractivity contribution is -0.119. The Balaban J connectivity index is 1.46. The molecule has 1 N–H and O–H groups in total. The summed E-state index contributed by atoms with van der Waals surface area (Å²) in [4.78, 5) is 39.4. The summed E-state index contributed by atoms with van der Waals surface area (Å²) in [6, 6.07) is 1.52. The quantitative estimate of drug-likeness (QED) is 0.815. The minimum absolute atomic E-state index is 0.0749. The van der Waals surface area contributed by atoms with Crippen LogP contribution in [0, 0.1) is 12.8 Å². The standard InChI is InChI=1S/C23H30N6O2/c1-15-17-9-10-20(30)29(14-16-6-3-2-4-7-16)22(17)26-21(25-15)19-8-5-13-28(19)23(31)18-11-12-24-27-18/h11-12,16,19H,2-10,13-14H2,1H3,(H,24,27)/t19-/m0/s1. The Hall–Kier alpha value is -2.77. The molecule has 0 spiro atoms. The van der Waals surface area contributed by atoms with E-state index < -0.39 is 0 Å². The Morgan fingerprint density at radius 3 is 2.74 bits per heavy atom. The van der Waals surface area contributed by atoms with E-state index in [2.05, 4.69) is 10.2 Å². The zero-order valence-corrected chi connectivity index (χ0v) is 18.1. The number of amides is 2. The number of nitrogens with zero attached hydrogens (tertiary/aromatic N) is 5. The Morgan fingerprint density at radius 1 is 1.13 bits per heavy atom. The molecule has 8 nitrogen and oxygen atoms in total. The second-order valence-electron chi connectivity index (χ2n) is 9.10. The molecule has 1 saturated heterocycles. The molecule has 31 heavy (non-hydrogen) atoms. The molecule has 1 aliphatic carbocycles. The van der Waals surface area contributed by atoms with Crippen LogP contribution in [-0.2, 0) is 11.2 Å². The van der Waals surface area contributed by atoms with Gasteiger partial charge in [0.05, 0.1) is 6.04 Å². The van der Waals surface area contributed by atoms with E-state index in [0.29, 0.717) is 36.8 Å². The van der Waals surface area contributed by atoms with Gasteiger partial charge in [-0.05, 0) is 51.0 Å². The molecule has 164 valence electrons. The van der Waals surface area contributed by atoms with E-state index in [1.165, 1.54) is 32.1 Å². The predicted octanol–water partition coefficient (Wildman–Crippen LogP) is 3.34. The third-order valence-corrected chi connectivity index (χ3v) is 7.06. The van der Waals surface area contributed by atoms with Gasteiger partial charge in [-0.15, -0.1) is 0 Å². The number of H-pyrrole nitrogens is 1. The number of aromatic nitrogens is 4. The van der Waals surface area contributed by atoms with Crippen molar-refractivity contribution in [2.45, 2.75) is 70.8 Å². The lowest BCUT2D eigenvalue weighted by Gasteiger charge is -2.34. The SMILES string of the molecule is Cc1nc([C@@H]2CCCN2C(=O)c2ccn[nH]2)nc2c1CCC(=O)N2CC1CCCCC1. The van der Waals surface area contributed by atoms with Gasteiger partial charge in [0, 0.05) is 37.0 Å². The summed E-state index contributed by atoms with van der Waals surface area (Å²) in [7, 11) is 0. The lowest BCUT2D eigenvalue weighted by Crippen LogP contribution is -2.41. The van der Waals surface area contributed by atoms with Crippen molar-refractivity contribution in [3.63, 3.8) is 0 Å². The highest BCUT2D eigenvalue weighted by molar-refractivity contribution is 5.95. The van der Waals surface area contributed by atoms with Crippen LogP contribution in [0.1, 0.15) is 85.0 Å². The second kappa shape index (κ2) is 8.40. The predicted molar refractivity (Wildman–Crippen MR) is 116 cm³/mol. The van der Waals surface area contributed by atoms with Crippen LogP contribution in [0.4, 0.5) is 5.82 Å². The molecule has 2 aliphatic heterocycles. The number of rotatable bonds is 4. The van der Waals surface area contributed by atoms with Crippen molar-refractivity contribution in [3.8, 4) is 0 Å². The average molecular weight is 423 g/mol. The molecule has 2 aromatic rings. The third-order valence-electron chi connectivity index (χ3n) is 7.06. The fourth-order valence-corrected chi connectivity index (χ4v) is 5.38. The van der Waals surface area contributed by atoms with Crippen LogP contribution in [0.5, 0.6) is 0 Å². The highest BCUT2D eigenvalue weighted by Gasteiger charge is 2.36. The van der Waals surface area contributed by atoms with E-state index in [1.807, 2.05) is 16.7 Å². The number of hydrogen-bond donors (Lipinski definition) is 1. The third kappa shape index (κ3) is 3.83. The zero-order chi connectivity index (χ0) is 21.4. The maximum Gasteiger partial charge on any atom is 0.272 e. The molecular weight excluding hydrogens is 392 g/mol. The van der Waals surface area contributed by atoms with Gasteiger partial charge in [0.25, 0.3) is 5.91 Å². The highest BCUT2D eigenvalue weighted by atomic mass is 16.2. The zero-order valence-electron chi connectivity index (χ0n) is 18.1. The number of fused-ring (bicyclic) bond motifs is 1. The van der Waals surface area contributed by atoms with Crippen LogP contribution in [0.2, 0.25) is 0 Å². The summed E-state index contributed by atoms with van der Waals surface area (Å²) in [6.45, 7) is 3.44. The summed E-state index contributed by atoms with van der Waals surface area (Å²) in [6.07, 6.45) is 10.7. The average Bonchev–Trinajstić information content (AvgIpc) is 3.48. The van der Waals surface area contributed by atoms with Gasteiger partial charge >= 0.3 is 0 Å². The number of hydrogen-bond acceptors (Lipinski definition) is 5. The maximum atomic E-state index is 13.0. The van der Waals surface area contributed by atoms with Crippen molar-refractivity contribution in [2.75, 3.05) is 18.0 Å². The monoisotopic (exact) mass is 422 g/mol. The number of anilines is 1. The first kappa shape index (κ1) is 20.2. The largest absolute Gasteiger partial charge is 0.327 e. The van der Waals surface area contributed by atoms with Crippen molar-refractivity contribution >= 4 is 17.6 Å². The highest BCUT2D eigenvalue weighted by Crippen LogP contribution is 2.36. The van der Waals surface area contributed by atoms with Crippen LogP contribution in [0.3, 0.4) is 0 Å². The number of carbonyl (C=O) groups excluding carboxylic acids is 2. The minimum atomic E-state index is -0.173. The molecule has 4 heterocycles. The van der Waals surface area contributed by atoms with E-state index in [1.54, 1.807) is 12.3 Å². The molecule has 1 saturated carbocycles. The van der Waals surface area contributed by atoms with Gasteiger partial charge in [0.15, 0.2) is 5.82 Å². The van der Waals surface area contributed by atoms with Crippen molar-refractivity contribution < 1.29 is 9.59 Å². The van der Waals surface area contributed by atoms with Crippen LogP contribution < -0.4 is 4.90 Å². The Labute approximate surface area is 182 Å². The summed E-state index contributed by atoms with van der Waals surface area (Å²) in [5.41, 5.74) is 2.50. The number of aromatic amines is 1. The van der Waals surface area contributed by atoms with E-state index in [0.717, 1.165) is 36.5 Å². The van der Waals surface area contributed by atoms with Crippen molar-refractivity contribution in [3.05, 3.63) is 35.0 Å². The van der Waals surface area contributed by atoms with Gasteiger partial charge in [0.2, 0.25) is 5.91 Å². The molecule has 0 aromatic carbocycles. The van der Waals surface area contributed by atoms with Crippen LogP contribution in [0.25, 0.3) is 0 Å². The Kier molecular flexibility index (Phi) is 5.46. The van der Waals surface area contributed by atoms with Crippen molar-refractivity contribution in [1.82, 2.24) is 25.1 Å². The van der Waals surface area contributed by atoms with Gasteiger partial charge in [-0.1, -0.05) is 19.3 Å². The van der Waals surface area contributed by atoms with E-state index in [4.69, 9.17) is 9.97 Å². The fourth-order valence-electron chi connectivity index (χ4n) is 5.38. The molecule has 0 bridgehead atoms. The molecule has 5 rings (SSSR count). The number of likely N-dealkylation sites (tertiary alicyclic amines) is 1. The molecule has 2 aromatic heterocycles. The number of carbonyl (C=O) groups is 2. The van der Waals surface area contributed by atoms with E-state index >= 15 is 0 Å². The number of nitrogens with one attached hydrogen (secondary N) is 1. The molecule has 0 radical (unpaired) electrons. The topological polar surface area (TPSA) is 95.1 Å². The lowest BCUT2D eigenvalue weighted by atomic mass is 9.88. The van der Waals surface area contributed by atoms with E-state index in [9.17, 15) is 9.59 Å². The Bertz CT molecular complexity index is 967. The van der Waals surface area contributed by atoms with Crippen LogP contribution in [-0.4, -0.2) is 50.0 Å². The van der Waals surface area contributed by atoms with Crippen molar-refractivity contribution in [1.29, 1.82) is 0 Å². The van der Waals surface area contributed by atoms with E-state index in [-0.39, 0.29) is 17.9 Å². The summed E-state index contributed by atoms with van der Waals surface area (Å²) in [5.74, 6) is 2.08. The van der Waals surface area contributed by atoms with Gasteiger partial charge in [-0.25, -0.2) is 9.97 Å². The minimum Gasteiger partial charge on any atom is -0.327 e. The summed E-state index contributed by atoms with van der Waals surface area (Å²) < 4.78 is 0. The first-order chi connectivity index (χ1) is 15.1. The van der Waals surface area contributed by atoms with Crippen LogP contribution >= 0.6 is 0 Å². The Morgan fingerprint density at radius 2 is 1.97 bits per heavy atom. The smallest absolute Gasteiger partial charge is 0.272 e. The summed E-state index contributed by atoms with van der Waals surface area (Å²) in [5, 5.41) is 6.68. The molecule has 8 heteroatoms. The van der Waals surface area contributed by atoms with Gasteiger partial charge in [-0.3, -0.25) is 19.6 Å². The summed E-state index contributed by atoms with van der Waals surface area (Å²) >= 11 is 0. The molecular formula is C23H30N6O2. The maximum absolute atomic E-state index is 13.0. The fraction of sp³-hybridized carbons (Fsp3) is 0.609. The molecule has 2 amide bonds. The molecule has 1 atom stereocenters. The molecule has 0 unspecified atom stereocenters. The normalized spacial score (nSPS) is 22.1. The first-order valence-corrected chi connectivity index (χ1v) is 11.6. The second-order valence-corrected chi connectivity index (χ2v) is 9.10. The molecule has 2 fully saturated rings. The van der Waals surface area contributed by atoms with Gasteiger partial charge in [0.1, 0.15) is 11.5 Å². The first-order valence-electron chi connectivity index (χ1n) is 11.6. The van der Waals surface area contributed by atoms with Gasteiger partial charge < -0.3 is 4.90 Å². The molecule has 3 aliphatic rings.